The van der Waals surface area contributed by atoms with Crippen LogP contribution in [0.2, 0.25) is 0 Å². The van der Waals surface area contributed by atoms with Gasteiger partial charge in [-0.15, -0.1) is 0 Å². The molecule has 0 aliphatic heterocycles. The lowest BCUT2D eigenvalue weighted by Gasteiger charge is -2.35. The summed E-state index contributed by atoms with van der Waals surface area (Å²) >= 11 is 0. The molecule has 0 aliphatic rings. The molecule has 0 aromatic heterocycles. The van der Waals surface area contributed by atoms with Gasteiger partial charge in [-0.25, -0.2) is 8.42 Å². The Balaban J connectivity index is 2.07. The van der Waals surface area contributed by atoms with Crippen LogP contribution < -0.4 is 9.62 Å². The van der Waals surface area contributed by atoms with Crippen LogP contribution in [0.25, 0.3) is 0 Å². The molecule has 3 aromatic rings. The molecule has 0 spiro atoms. The second kappa shape index (κ2) is 12.7. The van der Waals surface area contributed by atoms with Crippen molar-refractivity contribution in [2.75, 3.05) is 10.8 Å². The van der Waals surface area contributed by atoms with Crippen molar-refractivity contribution < 1.29 is 18.0 Å². The third kappa shape index (κ3) is 7.94. The van der Waals surface area contributed by atoms with Gasteiger partial charge in [-0.05, 0) is 83.4 Å². The van der Waals surface area contributed by atoms with E-state index in [1.807, 2.05) is 78.8 Å². The van der Waals surface area contributed by atoms with Crippen molar-refractivity contribution in [2.45, 2.75) is 77.9 Å². The molecule has 1 atom stereocenters. The molecule has 0 heterocycles. The average molecular weight is 564 g/mol. The van der Waals surface area contributed by atoms with Gasteiger partial charge >= 0.3 is 0 Å². The molecule has 0 radical (unpaired) electrons. The van der Waals surface area contributed by atoms with Gasteiger partial charge in [0.05, 0.1) is 10.6 Å². The fourth-order valence-electron chi connectivity index (χ4n) is 4.41. The highest BCUT2D eigenvalue weighted by Crippen LogP contribution is 2.26. The van der Waals surface area contributed by atoms with Crippen molar-refractivity contribution in [3.05, 3.63) is 95.1 Å². The average Bonchev–Trinajstić information content (AvgIpc) is 2.87. The van der Waals surface area contributed by atoms with Gasteiger partial charge in [0.1, 0.15) is 12.6 Å². The van der Waals surface area contributed by atoms with Crippen LogP contribution in [0, 0.1) is 20.8 Å². The summed E-state index contributed by atoms with van der Waals surface area (Å²) in [6, 6.07) is 20.6. The highest BCUT2D eigenvalue weighted by atomic mass is 32.2. The molecule has 0 saturated carbocycles. The number of hydrogen-bond acceptors (Lipinski definition) is 4. The molecule has 1 unspecified atom stereocenters. The molecule has 0 aliphatic carbocycles. The molecule has 0 saturated heterocycles. The van der Waals surface area contributed by atoms with E-state index in [-0.39, 0.29) is 17.3 Å². The van der Waals surface area contributed by atoms with Gasteiger partial charge in [0.25, 0.3) is 10.0 Å². The first-order valence-electron chi connectivity index (χ1n) is 13.5. The molecule has 3 rings (SSSR count). The SMILES string of the molecule is CCC(C(=O)NC(C)(C)C)N(Cc1ccc(C)cc1)C(=O)CN(c1cccc(C)c1)S(=O)(=O)c1ccc(C)cc1. The van der Waals surface area contributed by atoms with Gasteiger partial charge < -0.3 is 10.2 Å². The van der Waals surface area contributed by atoms with Crippen LogP contribution in [0.5, 0.6) is 0 Å². The Kier molecular flexibility index (Phi) is 9.79. The number of carbonyl (C=O) groups is 2. The Hall–Kier alpha value is -3.65. The molecular formula is C32H41N3O4S. The monoisotopic (exact) mass is 563 g/mol. The summed E-state index contributed by atoms with van der Waals surface area (Å²) in [6.45, 7) is 13.0. The zero-order chi connectivity index (χ0) is 29.7. The van der Waals surface area contributed by atoms with E-state index in [0.717, 1.165) is 26.6 Å². The van der Waals surface area contributed by atoms with Crippen molar-refractivity contribution in [3.63, 3.8) is 0 Å². The van der Waals surface area contributed by atoms with E-state index in [4.69, 9.17) is 0 Å². The first-order chi connectivity index (χ1) is 18.7. The van der Waals surface area contributed by atoms with E-state index < -0.39 is 34.1 Å². The second-order valence-electron chi connectivity index (χ2n) is 11.3. The van der Waals surface area contributed by atoms with Gasteiger partial charge in [0.2, 0.25) is 11.8 Å². The Morgan fingerprint density at radius 1 is 0.850 bits per heavy atom. The summed E-state index contributed by atoms with van der Waals surface area (Å²) in [6.07, 6.45) is 0.370. The molecule has 3 aromatic carbocycles. The van der Waals surface area contributed by atoms with Crippen LogP contribution in [-0.2, 0) is 26.2 Å². The van der Waals surface area contributed by atoms with Crippen molar-refractivity contribution in [1.82, 2.24) is 10.2 Å². The van der Waals surface area contributed by atoms with Gasteiger partial charge in [0.15, 0.2) is 0 Å². The largest absolute Gasteiger partial charge is 0.350 e. The summed E-state index contributed by atoms with van der Waals surface area (Å²) < 4.78 is 29.0. The maximum absolute atomic E-state index is 14.1. The van der Waals surface area contributed by atoms with Gasteiger partial charge in [-0.3, -0.25) is 13.9 Å². The van der Waals surface area contributed by atoms with Crippen molar-refractivity contribution in [2.24, 2.45) is 0 Å². The first-order valence-corrected chi connectivity index (χ1v) is 15.0. The maximum atomic E-state index is 14.1. The molecule has 7 nitrogen and oxygen atoms in total. The molecule has 8 heteroatoms. The number of nitrogens with one attached hydrogen (secondary N) is 1. The maximum Gasteiger partial charge on any atom is 0.264 e. The topological polar surface area (TPSA) is 86.8 Å². The molecule has 40 heavy (non-hydrogen) atoms. The van der Waals surface area contributed by atoms with Crippen molar-refractivity contribution in [1.29, 1.82) is 0 Å². The minimum Gasteiger partial charge on any atom is -0.350 e. The van der Waals surface area contributed by atoms with E-state index in [1.54, 1.807) is 42.5 Å². The minimum absolute atomic E-state index is 0.0926. The Morgan fingerprint density at radius 2 is 1.43 bits per heavy atom. The van der Waals surface area contributed by atoms with Crippen molar-refractivity contribution >= 4 is 27.5 Å². The summed E-state index contributed by atoms with van der Waals surface area (Å²) in [4.78, 5) is 29.1. The quantitative estimate of drug-likeness (QED) is 0.352. The van der Waals surface area contributed by atoms with E-state index in [9.17, 15) is 18.0 Å². The number of benzene rings is 3. The van der Waals surface area contributed by atoms with Gasteiger partial charge in [-0.2, -0.15) is 0 Å². The van der Waals surface area contributed by atoms with Crippen LogP contribution in [-0.4, -0.2) is 43.3 Å². The number of hydrogen-bond donors (Lipinski definition) is 1. The molecule has 0 fully saturated rings. The summed E-state index contributed by atoms with van der Waals surface area (Å²) in [5, 5.41) is 2.99. The highest BCUT2D eigenvalue weighted by Gasteiger charge is 2.34. The molecule has 1 N–H and O–H groups in total. The lowest BCUT2D eigenvalue weighted by Crippen LogP contribution is -2.55. The standard InChI is InChI=1S/C32H41N3O4S/c1-8-29(31(37)33-32(5,6)7)34(21-26-16-12-23(2)13-17-26)30(36)22-35(27-11-9-10-25(4)20-27)40(38,39)28-18-14-24(3)15-19-28/h9-20,29H,8,21-22H2,1-7H3,(H,33,37). The zero-order valence-electron chi connectivity index (χ0n) is 24.6. The zero-order valence-corrected chi connectivity index (χ0v) is 25.4. The number of amides is 2. The minimum atomic E-state index is -4.09. The molecule has 0 bridgehead atoms. The fraction of sp³-hybridized carbons (Fsp3) is 0.375. The summed E-state index contributed by atoms with van der Waals surface area (Å²) in [7, 11) is -4.09. The summed E-state index contributed by atoms with van der Waals surface area (Å²) in [5.41, 5.74) is 3.61. The molecule has 2 amide bonds. The third-order valence-electron chi connectivity index (χ3n) is 6.54. The van der Waals surface area contributed by atoms with Gasteiger partial charge in [0, 0.05) is 12.1 Å². The molecular weight excluding hydrogens is 522 g/mol. The number of nitrogens with zero attached hydrogens (tertiary/aromatic N) is 2. The van der Waals surface area contributed by atoms with E-state index in [1.165, 1.54) is 4.90 Å². The Morgan fingerprint density at radius 3 is 1.95 bits per heavy atom. The van der Waals surface area contributed by atoms with Crippen LogP contribution in [0.15, 0.2) is 77.7 Å². The number of carbonyl (C=O) groups excluding carboxylic acids is 2. The van der Waals surface area contributed by atoms with Crippen LogP contribution in [0.1, 0.15) is 56.4 Å². The predicted octanol–water partition coefficient (Wildman–Crippen LogP) is 5.53. The lowest BCUT2D eigenvalue weighted by atomic mass is 10.1. The normalized spacial score (nSPS) is 12.5. The van der Waals surface area contributed by atoms with E-state index in [0.29, 0.717) is 12.1 Å². The third-order valence-corrected chi connectivity index (χ3v) is 8.32. The smallest absolute Gasteiger partial charge is 0.264 e. The van der Waals surface area contributed by atoms with E-state index >= 15 is 0 Å². The number of aryl methyl sites for hydroxylation is 3. The second-order valence-corrected chi connectivity index (χ2v) is 13.2. The Bertz CT molecular complexity index is 1430. The van der Waals surface area contributed by atoms with Gasteiger partial charge in [-0.1, -0.05) is 66.6 Å². The van der Waals surface area contributed by atoms with E-state index in [2.05, 4.69) is 5.32 Å². The Labute approximate surface area is 239 Å². The number of sulfonamides is 1. The van der Waals surface area contributed by atoms with Crippen LogP contribution >= 0.6 is 0 Å². The highest BCUT2D eigenvalue weighted by molar-refractivity contribution is 7.92. The van der Waals surface area contributed by atoms with Crippen LogP contribution in [0.3, 0.4) is 0 Å². The first kappa shape index (κ1) is 30.9. The van der Waals surface area contributed by atoms with Crippen molar-refractivity contribution in [3.8, 4) is 0 Å². The number of anilines is 1. The predicted molar refractivity (Wildman–Crippen MR) is 161 cm³/mol. The lowest BCUT2D eigenvalue weighted by molar-refractivity contribution is -0.141. The molecule has 214 valence electrons. The summed E-state index contributed by atoms with van der Waals surface area (Å²) in [5.74, 6) is -0.743. The van der Waals surface area contributed by atoms with Crippen LogP contribution in [0.4, 0.5) is 5.69 Å². The number of rotatable bonds is 10. The fourth-order valence-corrected chi connectivity index (χ4v) is 5.82.